The fourth-order valence-corrected chi connectivity index (χ4v) is 3.62. The summed E-state index contributed by atoms with van der Waals surface area (Å²) >= 11 is 0. The maximum atomic E-state index is 12.6. The van der Waals surface area contributed by atoms with Crippen molar-refractivity contribution >= 4 is 21.6 Å². The molecule has 8 nitrogen and oxygen atoms in total. The van der Waals surface area contributed by atoms with E-state index < -0.39 is 21.5 Å². The summed E-state index contributed by atoms with van der Waals surface area (Å²) in [5, 5.41) is 2.69. The summed E-state index contributed by atoms with van der Waals surface area (Å²) in [7, 11) is -0.915. The summed E-state index contributed by atoms with van der Waals surface area (Å²) in [6, 6.07) is 7.56. The Balaban J connectivity index is 2.17. The number of hydrogen-bond acceptors (Lipinski definition) is 6. The van der Waals surface area contributed by atoms with Gasteiger partial charge in [-0.3, -0.25) is 4.79 Å². The quantitative estimate of drug-likeness (QED) is 0.746. The van der Waals surface area contributed by atoms with E-state index in [2.05, 4.69) is 15.0 Å². The summed E-state index contributed by atoms with van der Waals surface area (Å²) in [4.78, 5) is 16.7. The molecule has 1 aromatic carbocycles. The van der Waals surface area contributed by atoms with Gasteiger partial charge in [-0.05, 0) is 50.6 Å². The minimum Gasteiger partial charge on any atom is -0.497 e. The van der Waals surface area contributed by atoms with Gasteiger partial charge in [0.15, 0.2) is 0 Å². The summed E-state index contributed by atoms with van der Waals surface area (Å²) in [5.74, 6) is 0.438. The van der Waals surface area contributed by atoms with Gasteiger partial charge >= 0.3 is 0 Å². The molecule has 0 atom stereocenters. The molecule has 0 fully saturated rings. The van der Waals surface area contributed by atoms with E-state index in [0.717, 1.165) is 5.56 Å². The van der Waals surface area contributed by atoms with Crippen LogP contribution in [-0.4, -0.2) is 39.1 Å². The first-order valence-corrected chi connectivity index (χ1v) is 9.57. The SMILES string of the molecule is COc1ccc(S(=O)(=O)NC(C)(C)C(=O)Nc2cnc(OC)cc2C)cc1. The first-order chi connectivity index (χ1) is 12.6. The van der Waals surface area contributed by atoms with Crippen LogP contribution in [0.3, 0.4) is 0 Å². The van der Waals surface area contributed by atoms with Gasteiger partial charge in [0.2, 0.25) is 21.8 Å². The number of rotatable bonds is 7. The van der Waals surface area contributed by atoms with Gasteiger partial charge in [-0.1, -0.05) is 0 Å². The van der Waals surface area contributed by atoms with Crippen molar-refractivity contribution in [1.29, 1.82) is 0 Å². The van der Waals surface area contributed by atoms with E-state index in [1.54, 1.807) is 13.0 Å². The molecular formula is C18H23N3O5S. The molecular weight excluding hydrogens is 370 g/mol. The lowest BCUT2D eigenvalue weighted by molar-refractivity contribution is -0.120. The van der Waals surface area contributed by atoms with E-state index in [1.165, 1.54) is 58.5 Å². The molecule has 0 saturated heterocycles. The number of nitrogens with one attached hydrogen (secondary N) is 2. The highest BCUT2D eigenvalue weighted by atomic mass is 32.2. The third-order valence-corrected chi connectivity index (χ3v) is 5.54. The molecule has 2 N–H and O–H groups in total. The van der Waals surface area contributed by atoms with Crippen LogP contribution in [-0.2, 0) is 14.8 Å². The van der Waals surface area contributed by atoms with Crippen molar-refractivity contribution in [2.75, 3.05) is 19.5 Å². The number of carbonyl (C=O) groups is 1. The van der Waals surface area contributed by atoms with Crippen LogP contribution in [0.15, 0.2) is 41.4 Å². The number of benzene rings is 1. The van der Waals surface area contributed by atoms with E-state index in [0.29, 0.717) is 17.3 Å². The van der Waals surface area contributed by atoms with Crippen molar-refractivity contribution in [2.24, 2.45) is 0 Å². The van der Waals surface area contributed by atoms with Crippen LogP contribution in [0.2, 0.25) is 0 Å². The zero-order valence-corrected chi connectivity index (χ0v) is 16.7. The van der Waals surface area contributed by atoms with Crippen molar-refractivity contribution in [2.45, 2.75) is 31.2 Å². The summed E-state index contributed by atoms with van der Waals surface area (Å²) in [6.45, 7) is 4.75. The minimum atomic E-state index is -3.90. The topological polar surface area (TPSA) is 107 Å². The van der Waals surface area contributed by atoms with E-state index in [9.17, 15) is 13.2 Å². The number of pyridine rings is 1. The number of methoxy groups -OCH3 is 2. The van der Waals surface area contributed by atoms with Crippen LogP contribution >= 0.6 is 0 Å². The average Bonchev–Trinajstić information content (AvgIpc) is 2.62. The van der Waals surface area contributed by atoms with E-state index >= 15 is 0 Å². The molecule has 1 amide bonds. The van der Waals surface area contributed by atoms with Crippen LogP contribution in [0.25, 0.3) is 0 Å². The Kier molecular flexibility index (Phi) is 6.07. The number of nitrogens with zero attached hydrogens (tertiary/aromatic N) is 1. The Bertz CT molecular complexity index is 925. The molecule has 2 aromatic rings. The smallest absolute Gasteiger partial charge is 0.245 e. The number of amides is 1. The van der Waals surface area contributed by atoms with Crippen molar-refractivity contribution < 1.29 is 22.7 Å². The molecule has 0 aliphatic rings. The highest BCUT2D eigenvalue weighted by Crippen LogP contribution is 2.21. The van der Waals surface area contributed by atoms with Gasteiger partial charge in [0.05, 0.1) is 31.0 Å². The molecule has 146 valence electrons. The first kappa shape index (κ1) is 20.7. The lowest BCUT2D eigenvalue weighted by Gasteiger charge is -2.25. The number of aryl methyl sites for hydroxylation is 1. The molecule has 9 heteroatoms. The number of hydrogen-bond donors (Lipinski definition) is 2. The second kappa shape index (κ2) is 7.93. The van der Waals surface area contributed by atoms with Gasteiger partial charge in [-0.2, -0.15) is 4.72 Å². The molecule has 27 heavy (non-hydrogen) atoms. The van der Waals surface area contributed by atoms with Crippen molar-refractivity contribution in [1.82, 2.24) is 9.71 Å². The van der Waals surface area contributed by atoms with Gasteiger partial charge in [-0.15, -0.1) is 0 Å². The number of anilines is 1. The molecule has 0 spiro atoms. The Morgan fingerprint density at radius 1 is 1.11 bits per heavy atom. The zero-order valence-electron chi connectivity index (χ0n) is 15.9. The number of aromatic nitrogens is 1. The number of sulfonamides is 1. The number of carbonyl (C=O) groups excluding carboxylic acids is 1. The summed E-state index contributed by atoms with van der Waals surface area (Å²) in [5.41, 5.74) is -0.188. The monoisotopic (exact) mass is 393 g/mol. The molecule has 0 aliphatic carbocycles. The molecule has 0 bridgehead atoms. The van der Waals surface area contributed by atoms with Crippen LogP contribution in [0.5, 0.6) is 11.6 Å². The molecule has 1 aromatic heterocycles. The molecule has 0 unspecified atom stereocenters. The lowest BCUT2D eigenvalue weighted by Crippen LogP contribution is -2.52. The maximum Gasteiger partial charge on any atom is 0.245 e. The van der Waals surface area contributed by atoms with Crippen LogP contribution in [0.4, 0.5) is 5.69 Å². The van der Waals surface area contributed by atoms with Crippen LogP contribution in [0.1, 0.15) is 19.4 Å². The van der Waals surface area contributed by atoms with Gasteiger partial charge < -0.3 is 14.8 Å². The second-order valence-corrected chi connectivity index (χ2v) is 8.08. The standard InChI is InChI=1S/C18H23N3O5S/c1-12-10-16(26-5)19-11-15(12)20-17(22)18(2,3)21-27(23,24)14-8-6-13(25-4)7-9-14/h6-11,21H,1-5H3,(H,20,22). The van der Waals surface area contributed by atoms with E-state index in [4.69, 9.17) is 9.47 Å². The predicted molar refractivity (Wildman–Crippen MR) is 102 cm³/mol. The van der Waals surface area contributed by atoms with Crippen molar-refractivity contribution in [3.8, 4) is 11.6 Å². The Morgan fingerprint density at radius 2 is 1.74 bits per heavy atom. The van der Waals surface area contributed by atoms with Gasteiger partial charge in [0, 0.05) is 6.07 Å². The highest BCUT2D eigenvalue weighted by molar-refractivity contribution is 7.89. The minimum absolute atomic E-state index is 0.0338. The normalized spacial score (nSPS) is 11.7. The fourth-order valence-electron chi connectivity index (χ4n) is 2.25. The average molecular weight is 393 g/mol. The maximum absolute atomic E-state index is 12.6. The molecule has 0 saturated carbocycles. The third-order valence-electron chi connectivity index (χ3n) is 3.87. The zero-order chi connectivity index (χ0) is 20.2. The van der Waals surface area contributed by atoms with E-state index in [-0.39, 0.29) is 4.90 Å². The summed E-state index contributed by atoms with van der Waals surface area (Å²) in [6.07, 6.45) is 1.46. The number of ether oxygens (including phenoxy) is 2. The Hall–Kier alpha value is -2.65. The molecule has 0 aliphatic heterocycles. The summed E-state index contributed by atoms with van der Waals surface area (Å²) < 4.78 is 37.7. The first-order valence-electron chi connectivity index (χ1n) is 8.09. The Labute approximate surface area is 159 Å². The highest BCUT2D eigenvalue weighted by Gasteiger charge is 2.33. The van der Waals surface area contributed by atoms with Gasteiger partial charge in [-0.25, -0.2) is 13.4 Å². The molecule has 1 heterocycles. The van der Waals surface area contributed by atoms with Crippen LogP contribution < -0.4 is 19.5 Å². The van der Waals surface area contributed by atoms with E-state index in [1.807, 2.05) is 0 Å². The fraction of sp³-hybridized carbons (Fsp3) is 0.333. The second-order valence-electron chi connectivity index (χ2n) is 6.40. The largest absolute Gasteiger partial charge is 0.497 e. The molecule has 2 rings (SSSR count). The molecule has 0 radical (unpaired) electrons. The van der Waals surface area contributed by atoms with Gasteiger partial charge in [0.25, 0.3) is 0 Å². The predicted octanol–water partition coefficient (Wildman–Crippen LogP) is 2.10. The Morgan fingerprint density at radius 3 is 2.26 bits per heavy atom. The van der Waals surface area contributed by atoms with Crippen molar-refractivity contribution in [3.63, 3.8) is 0 Å². The third kappa shape index (κ3) is 4.95. The lowest BCUT2D eigenvalue weighted by atomic mass is 10.1. The van der Waals surface area contributed by atoms with Crippen molar-refractivity contribution in [3.05, 3.63) is 42.1 Å². The van der Waals surface area contributed by atoms with Gasteiger partial charge in [0.1, 0.15) is 11.3 Å². The van der Waals surface area contributed by atoms with Crippen LogP contribution in [0, 0.1) is 6.92 Å².